The van der Waals surface area contributed by atoms with Gasteiger partial charge in [0.05, 0.1) is 11.6 Å². The average molecular weight is 479 g/mol. The molecule has 0 bridgehead atoms. The number of carbonyl (C=O) groups is 1. The fraction of sp³-hybridized carbons (Fsp3) is 0.238. The monoisotopic (exact) mass is 478 g/mol. The van der Waals surface area contributed by atoms with Gasteiger partial charge in [0.15, 0.2) is 16.6 Å². The summed E-state index contributed by atoms with van der Waals surface area (Å²) in [6.45, 7) is 2.61. The fourth-order valence-corrected chi connectivity index (χ4v) is 3.75. The predicted molar refractivity (Wildman–Crippen MR) is 117 cm³/mol. The third kappa shape index (κ3) is 4.76. The van der Waals surface area contributed by atoms with Crippen LogP contribution in [-0.2, 0) is 11.4 Å². The summed E-state index contributed by atoms with van der Waals surface area (Å²) in [7, 11) is 1.52. The van der Waals surface area contributed by atoms with Crippen LogP contribution in [0.5, 0.6) is 11.5 Å². The van der Waals surface area contributed by atoms with Crippen LogP contribution in [0.2, 0.25) is 0 Å². The summed E-state index contributed by atoms with van der Waals surface area (Å²) < 4.78 is 25.7. The second-order valence-electron chi connectivity index (χ2n) is 6.36. The number of hydrogen-bond acceptors (Lipinski definition) is 4. The summed E-state index contributed by atoms with van der Waals surface area (Å²) in [5.74, 6) is 0.418. The Morgan fingerprint density at radius 2 is 2.07 bits per heavy atom. The van der Waals surface area contributed by atoms with Crippen LogP contribution in [0.25, 0.3) is 6.08 Å². The Morgan fingerprint density at radius 3 is 2.76 bits per heavy atom. The largest absolute Gasteiger partial charge is 0.493 e. The summed E-state index contributed by atoms with van der Waals surface area (Å²) >= 11 is 8.71. The van der Waals surface area contributed by atoms with Gasteiger partial charge in [-0.25, -0.2) is 4.39 Å². The molecule has 5 nitrogen and oxygen atoms in total. The molecule has 29 heavy (non-hydrogen) atoms. The van der Waals surface area contributed by atoms with Crippen molar-refractivity contribution in [2.75, 3.05) is 13.7 Å². The SMILES string of the molecule is CCCN1C(=O)C(=Cc2cc(Br)c(OCc3ccccc3F)c(OC)c2)NC1=S. The average Bonchev–Trinajstić information content (AvgIpc) is 2.95. The lowest BCUT2D eigenvalue weighted by Gasteiger charge is -2.14. The molecule has 2 aromatic rings. The van der Waals surface area contributed by atoms with Crippen LogP contribution >= 0.6 is 28.1 Å². The summed E-state index contributed by atoms with van der Waals surface area (Å²) in [5, 5.41) is 3.35. The van der Waals surface area contributed by atoms with E-state index >= 15 is 0 Å². The van der Waals surface area contributed by atoms with Crippen molar-refractivity contribution in [3.05, 3.63) is 63.5 Å². The molecule has 152 valence electrons. The minimum atomic E-state index is -0.331. The van der Waals surface area contributed by atoms with E-state index in [1.165, 1.54) is 13.2 Å². The van der Waals surface area contributed by atoms with E-state index in [9.17, 15) is 9.18 Å². The molecule has 1 fully saturated rings. The first-order chi connectivity index (χ1) is 13.9. The number of nitrogens with zero attached hydrogens (tertiary/aromatic N) is 1. The number of carbonyl (C=O) groups excluding carboxylic acids is 1. The van der Waals surface area contributed by atoms with Crippen LogP contribution in [-0.4, -0.2) is 29.6 Å². The third-order valence-electron chi connectivity index (χ3n) is 4.30. The van der Waals surface area contributed by atoms with Crippen molar-refractivity contribution in [1.29, 1.82) is 0 Å². The van der Waals surface area contributed by atoms with E-state index in [1.54, 1.807) is 41.3 Å². The molecule has 1 aliphatic rings. The Morgan fingerprint density at radius 1 is 1.31 bits per heavy atom. The molecule has 0 saturated carbocycles. The smallest absolute Gasteiger partial charge is 0.276 e. The molecule has 0 aromatic heterocycles. The van der Waals surface area contributed by atoms with Gasteiger partial charge >= 0.3 is 0 Å². The number of halogens is 2. The van der Waals surface area contributed by atoms with Crippen molar-refractivity contribution < 1.29 is 18.7 Å². The number of thiocarbonyl (C=S) groups is 1. The lowest BCUT2D eigenvalue weighted by atomic mass is 10.1. The fourth-order valence-electron chi connectivity index (χ4n) is 2.89. The van der Waals surface area contributed by atoms with E-state index in [4.69, 9.17) is 21.7 Å². The zero-order valence-corrected chi connectivity index (χ0v) is 18.4. The number of ether oxygens (including phenoxy) is 2. The highest BCUT2D eigenvalue weighted by Gasteiger charge is 2.29. The molecular formula is C21H20BrFN2O3S. The molecule has 1 heterocycles. The van der Waals surface area contributed by atoms with Gasteiger partial charge in [-0.2, -0.15) is 0 Å². The summed E-state index contributed by atoms with van der Waals surface area (Å²) in [4.78, 5) is 14.1. The number of rotatable bonds is 7. The highest BCUT2D eigenvalue weighted by Crippen LogP contribution is 2.38. The minimum absolute atomic E-state index is 0.0579. The van der Waals surface area contributed by atoms with Crippen LogP contribution < -0.4 is 14.8 Å². The minimum Gasteiger partial charge on any atom is -0.493 e. The van der Waals surface area contributed by atoms with E-state index in [0.717, 1.165) is 12.0 Å². The van der Waals surface area contributed by atoms with Crippen LogP contribution in [0.1, 0.15) is 24.5 Å². The van der Waals surface area contributed by atoms with Crippen molar-refractivity contribution in [3.63, 3.8) is 0 Å². The van der Waals surface area contributed by atoms with Crippen LogP contribution in [0.4, 0.5) is 4.39 Å². The number of benzene rings is 2. The third-order valence-corrected chi connectivity index (χ3v) is 5.21. The van der Waals surface area contributed by atoms with Gasteiger partial charge in [-0.1, -0.05) is 25.1 Å². The second-order valence-corrected chi connectivity index (χ2v) is 7.60. The first kappa shape index (κ1) is 21.3. The zero-order chi connectivity index (χ0) is 21.0. The van der Waals surface area contributed by atoms with E-state index in [0.29, 0.717) is 38.9 Å². The number of nitrogens with one attached hydrogen (secondary N) is 1. The molecule has 0 radical (unpaired) electrons. The molecular weight excluding hydrogens is 459 g/mol. The summed E-state index contributed by atoms with van der Waals surface area (Å²) in [5.41, 5.74) is 1.57. The maximum Gasteiger partial charge on any atom is 0.276 e. The number of hydrogen-bond donors (Lipinski definition) is 1. The maximum absolute atomic E-state index is 13.8. The predicted octanol–water partition coefficient (Wildman–Crippen LogP) is 4.64. The molecule has 8 heteroatoms. The quantitative estimate of drug-likeness (QED) is 0.463. The number of methoxy groups -OCH3 is 1. The lowest BCUT2D eigenvalue weighted by molar-refractivity contribution is -0.122. The van der Waals surface area contributed by atoms with E-state index in [1.807, 2.05) is 6.92 Å². The molecule has 1 amide bonds. The molecule has 0 atom stereocenters. The standard InChI is InChI=1S/C21H20BrFN2O3S/c1-3-8-25-20(26)17(24-21(25)29)10-13-9-15(22)19(18(11-13)27-2)28-12-14-6-4-5-7-16(14)23/h4-7,9-11H,3,8,12H2,1-2H3,(H,24,29). The van der Waals surface area contributed by atoms with Crippen molar-refractivity contribution in [2.45, 2.75) is 20.0 Å². The van der Waals surface area contributed by atoms with Gasteiger partial charge in [-0.05, 0) is 64.4 Å². The topological polar surface area (TPSA) is 50.8 Å². The summed E-state index contributed by atoms with van der Waals surface area (Å²) in [6.07, 6.45) is 2.52. The highest BCUT2D eigenvalue weighted by molar-refractivity contribution is 9.10. The molecule has 1 saturated heterocycles. The van der Waals surface area contributed by atoms with Crippen molar-refractivity contribution in [3.8, 4) is 11.5 Å². The van der Waals surface area contributed by atoms with Crippen molar-refractivity contribution >= 4 is 45.2 Å². The molecule has 0 aliphatic carbocycles. The van der Waals surface area contributed by atoms with Gasteiger partial charge in [-0.3, -0.25) is 9.69 Å². The Bertz CT molecular complexity index is 980. The normalized spacial score (nSPS) is 15.0. The van der Waals surface area contributed by atoms with Gasteiger partial charge in [-0.15, -0.1) is 0 Å². The number of amides is 1. The molecule has 3 rings (SSSR count). The summed E-state index contributed by atoms with van der Waals surface area (Å²) in [6, 6.07) is 9.97. The van der Waals surface area contributed by atoms with E-state index in [2.05, 4.69) is 21.2 Å². The highest BCUT2D eigenvalue weighted by atomic mass is 79.9. The van der Waals surface area contributed by atoms with Crippen molar-refractivity contribution in [1.82, 2.24) is 10.2 Å². The Labute approximate surface area is 182 Å². The zero-order valence-electron chi connectivity index (χ0n) is 16.0. The molecule has 2 aromatic carbocycles. The Balaban J connectivity index is 1.84. The van der Waals surface area contributed by atoms with Crippen LogP contribution in [0, 0.1) is 5.82 Å². The first-order valence-electron chi connectivity index (χ1n) is 9.02. The van der Waals surface area contributed by atoms with Crippen molar-refractivity contribution in [2.24, 2.45) is 0 Å². The molecule has 1 aliphatic heterocycles. The van der Waals surface area contributed by atoms with Crippen LogP contribution in [0.15, 0.2) is 46.6 Å². The first-order valence-corrected chi connectivity index (χ1v) is 10.2. The van der Waals surface area contributed by atoms with Gasteiger partial charge in [0.1, 0.15) is 18.1 Å². The van der Waals surface area contributed by atoms with Gasteiger partial charge in [0.2, 0.25) is 0 Å². The van der Waals surface area contributed by atoms with Crippen LogP contribution in [0.3, 0.4) is 0 Å². The maximum atomic E-state index is 13.8. The van der Waals surface area contributed by atoms with Gasteiger partial charge in [0, 0.05) is 12.1 Å². The molecule has 0 spiro atoms. The Hall–Kier alpha value is -2.45. The van der Waals surface area contributed by atoms with E-state index < -0.39 is 0 Å². The lowest BCUT2D eigenvalue weighted by Crippen LogP contribution is -2.31. The molecule has 1 N–H and O–H groups in total. The molecule has 0 unspecified atom stereocenters. The van der Waals surface area contributed by atoms with E-state index in [-0.39, 0.29) is 18.3 Å². The second kappa shape index (κ2) is 9.37. The van der Waals surface area contributed by atoms with Gasteiger partial charge in [0.25, 0.3) is 5.91 Å². The Kier molecular flexibility index (Phi) is 6.87. The van der Waals surface area contributed by atoms with Gasteiger partial charge < -0.3 is 14.8 Å².